The summed E-state index contributed by atoms with van der Waals surface area (Å²) in [5.74, 6) is -0.249. The molecule has 8 heteroatoms. The number of carbonyl (C=O) groups is 1. The summed E-state index contributed by atoms with van der Waals surface area (Å²) in [7, 11) is -1.39. The van der Waals surface area contributed by atoms with E-state index < -0.39 is 9.84 Å². The van der Waals surface area contributed by atoms with E-state index in [0.717, 1.165) is 15.6 Å². The zero-order valence-corrected chi connectivity index (χ0v) is 15.0. The molecule has 0 aliphatic carbocycles. The van der Waals surface area contributed by atoms with Gasteiger partial charge in [-0.05, 0) is 11.4 Å². The van der Waals surface area contributed by atoms with Crippen molar-refractivity contribution in [3.05, 3.63) is 40.1 Å². The Morgan fingerprint density at radius 3 is 2.91 bits per heavy atom. The van der Waals surface area contributed by atoms with Crippen LogP contribution in [-0.4, -0.2) is 37.0 Å². The van der Waals surface area contributed by atoms with Gasteiger partial charge in [0.05, 0.1) is 22.9 Å². The first-order valence-electron chi connectivity index (χ1n) is 7.06. The summed E-state index contributed by atoms with van der Waals surface area (Å²) in [6.07, 6.45) is 1.83. The van der Waals surface area contributed by atoms with Crippen LogP contribution in [-0.2, 0) is 21.2 Å². The third-order valence-electron chi connectivity index (χ3n) is 3.55. The SMILES string of the molecule is CN(Cc1csc(-c2cccs2)n1)C(=O)C[C@@H]1C=CS(=O)(=O)C1. The minimum Gasteiger partial charge on any atom is -0.340 e. The molecule has 0 spiro atoms. The van der Waals surface area contributed by atoms with Gasteiger partial charge in [0.1, 0.15) is 5.01 Å². The van der Waals surface area contributed by atoms with Gasteiger partial charge < -0.3 is 4.90 Å². The van der Waals surface area contributed by atoms with E-state index in [1.807, 2.05) is 22.9 Å². The number of allylic oxidation sites excluding steroid dienone is 1. The standard InChI is InChI=1S/C15H16N2O3S3/c1-17(14(18)7-11-4-6-23(19,20)10-11)8-12-9-22-15(16-12)13-3-2-5-21-13/h2-6,9,11H,7-8,10H2,1H3/t11-/m0/s1. The molecule has 0 bridgehead atoms. The number of sulfone groups is 1. The lowest BCUT2D eigenvalue weighted by atomic mass is 10.1. The number of aromatic nitrogens is 1. The lowest BCUT2D eigenvalue weighted by molar-refractivity contribution is -0.131. The maximum Gasteiger partial charge on any atom is 0.223 e. The van der Waals surface area contributed by atoms with E-state index in [9.17, 15) is 13.2 Å². The summed E-state index contributed by atoms with van der Waals surface area (Å²) in [5.41, 5.74) is 0.851. The molecule has 0 saturated carbocycles. The lowest BCUT2D eigenvalue weighted by Gasteiger charge is -2.17. The van der Waals surface area contributed by atoms with Crippen molar-refractivity contribution in [3.8, 4) is 9.88 Å². The highest BCUT2D eigenvalue weighted by atomic mass is 32.2. The van der Waals surface area contributed by atoms with E-state index in [-0.39, 0.29) is 24.0 Å². The molecular weight excluding hydrogens is 352 g/mol. The van der Waals surface area contributed by atoms with Crippen LogP contribution in [0.3, 0.4) is 0 Å². The second kappa shape index (κ2) is 6.54. The van der Waals surface area contributed by atoms with E-state index in [4.69, 9.17) is 0 Å². The summed E-state index contributed by atoms with van der Waals surface area (Å²) in [6.45, 7) is 0.434. The fourth-order valence-electron chi connectivity index (χ4n) is 2.37. The Morgan fingerprint density at radius 1 is 1.43 bits per heavy atom. The Kier molecular flexibility index (Phi) is 4.65. The van der Waals surface area contributed by atoms with Crippen molar-refractivity contribution in [1.29, 1.82) is 0 Å². The minimum atomic E-state index is -3.11. The molecule has 1 amide bonds. The predicted octanol–water partition coefficient (Wildman–Crippen LogP) is 2.78. The monoisotopic (exact) mass is 368 g/mol. The average molecular weight is 369 g/mol. The molecule has 0 unspecified atom stereocenters. The van der Waals surface area contributed by atoms with Crippen molar-refractivity contribution >= 4 is 38.4 Å². The fourth-order valence-corrected chi connectivity index (χ4v) is 5.40. The van der Waals surface area contributed by atoms with E-state index in [1.54, 1.807) is 40.7 Å². The van der Waals surface area contributed by atoms with Crippen molar-refractivity contribution in [2.24, 2.45) is 5.92 Å². The second-order valence-corrected chi connectivity index (χ2v) is 9.23. The summed E-state index contributed by atoms with van der Waals surface area (Å²) < 4.78 is 22.8. The molecule has 1 atom stereocenters. The van der Waals surface area contributed by atoms with E-state index in [0.29, 0.717) is 6.54 Å². The van der Waals surface area contributed by atoms with Gasteiger partial charge in [-0.25, -0.2) is 13.4 Å². The molecule has 0 aromatic carbocycles. The molecule has 23 heavy (non-hydrogen) atoms. The molecule has 1 aliphatic heterocycles. The quantitative estimate of drug-likeness (QED) is 0.814. The van der Waals surface area contributed by atoms with Crippen molar-refractivity contribution < 1.29 is 13.2 Å². The zero-order valence-electron chi connectivity index (χ0n) is 12.5. The van der Waals surface area contributed by atoms with Crippen LogP contribution in [0.1, 0.15) is 12.1 Å². The van der Waals surface area contributed by atoms with Crippen LogP contribution in [0.25, 0.3) is 9.88 Å². The first kappa shape index (κ1) is 16.4. The Labute approximate surface area is 143 Å². The molecule has 5 nitrogen and oxygen atoms in total. The Hall–Kier alpha value is -1.51. The number of hydrogen-bond donors (Lipinski definition) is 0. The normalized spacial score (nSPS) is 19.1. The highest BCUT2D eigenvalue weighted by Crippen LogP contribution is 2.28. The number of amides is 1. The van der Waals surface area contributed by atoms with Crippen LogP contribution in [0, 0.1) is 5.92 Å². The largest absolute Gasteiger partial charge is 0.340 e. The van der Waals surface area contributed by atoms with Crippen molar-refractivity contribution in [3.63, 3.8) is 0 Å². The molecule has 0 N–H and O–H groups in total. The highest BCUT2D eigenvalue weighted by molar-refractivity contribution is 7.94. The number of nitrogens with zero attached hydrogens (tertiary/aromatic N) is 2. The Morgan fingerprint density at radius 2 is 2.26 bits per heavy atom. The highest BCUT2D eigenvalue weighted by Gasteiger charge is 2.25. The number of rotatable bonds is 5. The van der Waals surface area contributed by atoms with Gasteiger partial charge in [-0.1, -0.05) is 12.1 Å². The van der Waals surface area contributed by atoms with Crippen LogP contribution in [0.4, 0.5) is 0 Å². The third-order valence-corrected chi connectivity index (χ3v) is 6.94. The summed E-state index contributed by atoms with van der Waals surface area (Å²) in [6, 6.07) is 4.01. The average Bonchev–Trinajstić information content (AvgIpc) is 3.19. The summed E-state index contributed by atoms with van der Waals surface area (Å²) in [5, 5.41) is 6.13. The number of carbonyl (C=O) groups excluding carboxylic acids is 1. The van der Waals surface area contributed by atoms with Crippen LogP contribution in [0.15, 0.2) is 34.4 Å². The molecule has 0 saturated heterocycles. The van der Waals surface area contributed by atoms with E-state index in [1.165, 1.54) is 5.41 Å². The van der Waals surface area contributed by atoms with Crippen LogP contribution in [0.5, 0.6) is 0 Å². The molecule has 0 fully saturated rings. The third kappa shape index (κ3) is 4.07. The van der Waals surface area contributed by atoms with Crippen LogP contribution < -0.4 is 0 Å². The van der Waals surface area contributed by atoms with Crippen molar-refractivity contribution in [2.75, 3.05) is 12.8 Å². The minimum absolute atomic E-state index is 0.0335. The molecule has 2 aromatic rings. The number of hydrogen-bond acceptors (Lipinski definition) is 6. The van der Waals surface area contributed by atoms with Gasteiger partial charge in [0, 0.05) is 30.2 Å². The summed E-state index contributed by atoms with van der Waals surface area (Å²) in [4.78, 5) is 19.5. The molecule has 2 aromatic heterocycles. The van der Waals surface area contributed by atoms with Gasteiger partial charge in [0.25, 0.3) is 0 Å². The first-order valence-corrected chi connectivity index (χ1v) is 10.5. The number of thiophene rings is 1. The lowest BCUT2D eigenvalue weighted by Crippen LogP contribution is -2.28. The van der Waals surface area contributed by atoms with Crippen molar-refractivity contribution in [2.45, 2.75) is 13.0 Å². The molecule has 3 rings (SSSR count). The smallest absolute Gasteiger partial charge is 0.223 e. The zero-order chi connectivity index (χ0) is 16.4. The second-order valence-electron chi connectivity index (χ2n) is 5.49. The molecule has 1 aliphatic rings. The van der Waals surface area contributed by atoms with Crippen molar-refractivity contribution in [1.82, 2.24) is 9.88 Å². The topological polar surface area (TPSA) is 67.3 Å². The molecule has 0 radical (unpaired) electrons. The molecule has 3 heterocycles. The first-order chi connectivity index (χ1) is 10.9. The van der Waals surface area contributed by atoms with Gasteiger partial charge in [-0.15, -0.1) is 22.7 Å². The van der Waals surface area contributed by atoms with Crippen LogP contribution in [0.2, 0.25) is 0 Å². The number of thiazole rings is 1. The Balaban J connectivity index is 1.58. The van der Waals surface area contributed by atoms with E-state index in [2.05, 4.69) is 4.98 Å². The summed E-state index contributed by atoms with van der Waals surface area (Å²) >= 11 is 3.20. The predicted molar refractivity (Wildman–Crippen MR) is 92.9 cm³/mol. The van der Waals surface area contributed by atoms with Gasteiger partial charge >= 0.3 is 0 Å². The van der Waals surface area contributed by atoms with Crippen LogP contribution >= 0.6 is 22.7 Å². The fraction of sp³-hybridized carbons (Fsp3) is 0.333. The maximum absolute atomic E-state index is 12.2. The molecule has 122 valence electrons. The van der Waals surface area contributed by atoms with Gasteiger partial charge in [0.2, 0.25) is 5.91 Å². The van der Waals surface area contributed by atoms with Gasteiger partial charge in [0.15, 0.2) is 9.84 Å². The Bertz CT molecular complexity index is 822. The van der Waals surface area contributed by atoms with E-state index >= 15 is 0 Å². The molecular formula is C15H16N2O3S3. The van der Waals surface area contributed by atoms with Gasteiger partial charge in [-0.3, -0.25) is 4.79 Å². The van der Waals surface area contributed by atoms with Gasteiger partial charge in [-0.2, -0.15) is 0 Å². The maximum atomic E-state index is 12.2.